The molecule has 0 saturated carbocycles. The summed E-state index contributed by atoms with van der Waals surface area (Å²) in [7, 11) is 0. The largest absolute Gasteiger partial charge is 0.508 e. The van der Waals surface area contributed by atoms with Gasteiger partial charge in [-0.25, -0.2) is 4.79 Å². The molecule has 0 aliphatic heterocycles. The standard InChI is InChI=1S/C22H28O3/c1-13(2)19-12-20-14(3)5-10-18(20)15(4)11-21(19)25-22(24)16-6-8-17(23)9-7-16/h5-9,13,19-21,23H,10-12H2,1-4H3/t19-,20-,21+/m1/s1. The molecule has 3 rings (SSSR count). The van der Waals surface area contributed by atoms with Crippen molar-refractivity contribution in [1.82, 2.24) is 0 Å². The van der Waals surface area contributed by atoms with Crippen LogP contribution in [0.25, 0.3) is 0 Å². The van der Waals surface area contributed by atoms with E-state index >= 15 is 0 Å². The van der Waals surface area contributed by atoms with Gasteiger partial charge in [0.05, 0.1) is 5.56 Å². The van der Waals surface area contributed by atoms with Crippen LogP contribution >= 0.6 is 0 Å². The molecule has 0 saturated heterocycles. The molecule has 2 aliphatic carbocycles. The minimum absolute atomic E-state index is 0.0906. The van der Waals surface area contributed by atoms with Gasteiger partial charge in [0.1, 0.15) is 11.9 Å². The molecule has 2 aliphatic rings. The van der Waals surface area contributed by atoms with Gasteiger partial charge in [0.25, 0.3) is 0 Å². The van der Waals surface area contributed by atoms with Crippen molar-refractivity contribution in [2.45, 2.75) is 53.1 Å². The van der Waals surface area contributed by atoms with Crippen molar-refractivity contribution < 1.29 is 14.6 Å². The fourth-order valence-corrected chi connectivity index (χ4v) is 4.27. The van der Waals surface area contributed by atoms with E-state index in [1.807, 2.05) is 0 Å². The third-order valence-corrected chi connectivity index (χ3v) is 5.87. The highest BCUT2D eigenvalue weighted by Gasteiger charge is 2.37. The molecule has 0 radical (unpaired) electrons. The van der Waals surface area contributed by atoms with Crippen molar-refractivity contribution in [1.29, 1.82) is 0 Å². The number of esters is 1. The average Bonchev–Trinajstić information content (AvgIpc) is 2.85. The molecule has 0 unspecified atom stereocenters. The lowest BCUT2D eigenvalue weighted by atomic mass is 9.81. The molecular formula is C22H28O3. The van der Waals surface area contributed by atoms with Crippen LogP contribution in [-0.2, 0) is 4.74 Å². The third kappa shape index (κ3) is 3.65. The van der Waals surface area contributed by atoms with E-state index in [-0.39, 0.29) is 17.8 Å². The summed E-state index contributed by atoms with van der Waals surface area (Å²) in [6.07, 6.45) is 5.18. The molecule has 1 N–H and O–H groups in total. The number of hydrogen-bond donors (Lipinski definition) is 1. The lowest BCUT2D eigenvalue weighted by Crippen LogP contribution is -2.31. The van der Waals surface area contributed by atoms with Gasteiger partial charge in [-0.1, -0.05) is 36.6 Å². The molecule has 0 heterocycles. The number of hydrogen-bond acceptors (Lipinski definition) is 3. The number of rotatable bonds is 3. The summed E-state index contributed by atoms with van der Waals surface area (Å²) in [5.41, 5.74) is 4.87. The van der Waals surface area contributed by atoms with Gasteiger partial charge in [-0.15, -0.1) is 0 Å². The molecule has 0 fully saturated rings. The number of phenols is 1. The van der Waals surface area contributed by atoms with Gasteiger partial charge in [-0.2, -0.15) is 0 Å². The number of fused-ring (bicyclic) bond motifs is 1. The number of aromatic hydroxyl groups is 1. The Morgan fingerprint density at radius 2 is 1.88 bits per heavy atom. The van der Waals surface area contributed by atoms with Gasteiger partial charge in [0.2, 0.25) is 0 Å². The normalized spacial score (nSPS) is 26.3. The van der Waals surface area contributed by atoms with Gasteiger partial charge in [0.15, 0.2) is 0 Å². The second-order valence-electron chi connectivity index (χ2n) is 7.85. The summed E-state index contributed by atoms with van der Waals surface area (Å²) in [5, 5.41) is 9.40. The maximum absolute atomic E-state index is 12.6. The Labute approximate surface area is 150 Å². The maximum atomic E-state index is 12.6. The minimum atomic E-state index is -0.298. The Balaban J connectivity index is 1.82. The number of carbonyl (C=O) groups is 1. The van der Waals surface area contributed by atoms with Crippen LogP contribution in [-0.4, -0.2) is 17.2 Å². The lowest BCUT2D eigenvalue weighted by Gasteiger charge is -2.30. The minimum Gasteiger partial charge on any atom is -0.508 e. The molecule has 134 valence electrons. The monoisotopic (exact) mass is 340 g/mol. The second kappa shape index (κ2) is 7.07. The molecule has 3 atom stereocenters. The molecule has 1 aromatic carbocycles. The molecule has 3 nitrogen and oxygen atoms in total. The smallest absolute Gasteiger partial charge is 0.338 e. The Morgan fingerprint density at radius 3 is 2.52 bits per heavy atom. The van der Waals surface area contributed by atoms with E-state index in [9.17, 15) is 9.90 Å². The van der Waals surface area contributed by atoms with Crippen LogP contribution in [0, 0.1) is 17.8 Å². The summed E-state index contributed by atoms with van der Waals surface area (Å²) in [6.45, 7) is 8.87. The van der Waals surface area contributed by atoms with Crippen molar-refractivity contribution in [3.05, 3.63) is 52.6 Å². The summed E-state index contributed by atoms with van der Waals surface area (Å²) >= 11 is 0. The van der Waals surface area contributed by atoms with E-state index in [0.717, 1.165) is 19.3 Å². The quantitative estimate of drug-likeness (QED) is 0.602. The first-order valence-corrected chi connectivity index (χ1v) is 9.22. The first-order valence-electron chi connectivity index (χ1n) is 9.22. The number of benzene rings is 1. The van der Waals surface area contributed by atoms with Crippen LogP contribution in [0.5, 0.6) is 5.75 Å². The van der Waals surface area contributed by atoms with Crippen molar-refractivity contribution >= 4 is 5.97 Å². The summed E-state index contributed by atoms with van der Waals surface area (Å²) < 4.78 is 5.97. The molecular weight excluding hydrogens is 312 g/mol. The van der Waals surface area contributed by atoms with E-state index < -0.39 is 0 Å². The van der Waals surface area contributed by atoms with Crippen LogP contribution in [0.1, 0.15) is 57.3 Å². The summed E-state index contributed by atoms with van der Waals surface area (Å²) in [6, 6.07) is 6.28. The maximum Gasteiger partial charge on any atom is 0.338 e. The van der Waals surface area contributed by atoms with Gasteiger partial charge in [-0.05, 0) is 62.8 Å². The lowest BCUT2D eigenvalue weighted by molar-refractivity contribution is 0.00461. The predicted molar refractivity (Wildman–Crippen MR) is 99.4 cm³/mol. The van der Waals surface area contributed by atoms with Gasteiger partial charge in [0, 0.05) is 12.3 Å². The Morgan fingerprint density at radius 1 is 1.20 bits per heavy atom. The van der Waals surface area contributed by atoms with Crippen LogP contribution in [0.3, 0.4) is 0 Å². The molecule has 0 bridgehead atoms. The van der Waals surface area contributed by atoms with Gasteiger partial charge < -0.3 is 9.84 Å². The van der Waals surface area contributed by atoms with Crippen LogP contribution < -0.4 is 0 Å². The molecule has 0 spiro atoms. The van der Waals surface area contributed by atoms with Gasteiger partial charge >= 0.3 is 5.97 Å². The number of phenolic OH excluding ortho intramolecular Hbond substituents is 1. The van der Waals surface area contributed by atoms with E-state index in [1.165, 1.54) is 28.9 Å². The van der Waals surface area contributed by atoms with E-state index in [2.05, 4.69) is 33.8 Å². The Hall–Kier alpha value is -2.03. The third-order valence-electron chi connectivity index (χ3n) is 5.87. The van der Waals surface area contributed by atoms with Crippen molar-refractivity contribution in [3.63, 3.8) is 0 Å². The average molecular weight is 340 g/mol. The Bertz CT molecular complexity index is 709. The number of allylic oxidation sites excluding steroid dienone is 3. The highest BCUT2D eigenvalue weighted by molar-refractivity contribution is 5.89. The topological polar surface area (TPSA) is 46.5 Å². The predicted octanol–water partition coefficient (Wildman–Crippen LogP) is 5.27. The van der Waals surface area contributed by atoms with Gasteiger partial charge in [-0.3, -0.25) is 0 Å². The van der Waals surface area contributed by atoms with Crippen LogP contribution in [0.4, 0.5) is 0 Å². The number of ether oxygens (including phenoxy) is 1. The number of carbonyl (C=O) groups excluding carboxylic acids is 1. The zero-order valence-corrected chi connectivity index (χ0v) is 15.6. The zero-order valence-electron chi connectivity index (χ0n) is 15.6. The van der Waals surface area contributed by atoms with Crippen LogP contribution in [0.2, 0.25) is 0 Å². The fourth-order valence-electron chi connectivity index (χ4n) is 4.27. The first kappa shape index (κ1) is 17.8. The summed E-state index contributed by atoms with van der Waals surface area (Å²) in [4.78, 5) is 12.6. The summed E-state index contributed by atoms with van der Waals surface area (Å²) in [5.74, 6) is 1.18. The first-order chi connectivity index (χ1) is 11.9. The second-order valence-corrected chi connectivity index (χ2v) is 7.85. The van der Waals surface area contributed by atoms with Crippen LogP contribution in [0.15, 0.2) is 47.1 Å². The molecule has 1 aromatic rings. The highest BCUT2D eigenvalue weighted by Crippen LogP contribution is 2.45. The SMILES string of the molecule is CC1=CCC2=C(C)C[C@H](OC(=O)c3ccc(O)cc3)[C@@H](C(C)C)C[C@H]12. The molecule has 3 heteroatoms. The Kier molecular flexibility index (Phi) is 5.03. The highest BCUT2D eigenvalue weighted by atomic mass is 16.5. The molecule has 25 heavy (non-hydrogen) atoms. The van der Waals surface area contributed by atoms with E-state index in [1.54, 1.807) is 12.1 Å². The van der Waals surface area contributed by atoms with Crippen molar-refractivity contribution in [2.75, 3.05) is 0 Å². The molecule has 0 aromatic heterocycles. The van der Waals surface area contributed by atoms with Crippen molar-refractivity contribution in [3.8, 4) is 5.75 Å². The van der Waals surface area contributed by atoms with Crippen molar-refractivity contribution in [2.24, 2.45) is 17.8 Å². The van der Waals surface area contributed by atoms with E-state index in [4.69, 9.17) is 4.74 Å². The fraction of sp³-hybridized carbons (Fsp3) is 0.500. The zero-order chi connectivity index (χ0) is 18.1. The molecule has 0 amide bonds. The van der Waals surface area contributed by atoms with E-state index in [0.29, 0.717) is 23.3 Å².